The van der Waals surface area contributed by atoms with Crippen molar-refractivity contribution in [2.45, 2.75) is 19.5 Å². The van der Waals surface area contributed by atoms with Gasteiger partial charge in [-0.1, -0.05) is 29.8 Å². The first-order valence-corrected chi connectivity index (χ1v) is 13.2. The van der Waals surface area contributed by atoms with Crippen LogP contribution in [0.15, 0.2) is 85.5 Å². The van der Waals surface area contributed by atoms with Crippen molar-refractivity contribution in [2.24, 2.45) is 0 Å². The highest BCUT2D eigenvalue weighted by Crippen LogP contribution is 2.25. The van der Waals surface area contributed by atoms with Crippen molar-refractivity contribution < 1.29 is 4.74 Å². The Morgan fingerprint density at radius 2 is 2.03 bits per heavy atom. The lowest BCUT2D eigenvalue weighted by molar-refractivity contribution is 0.414. The third-order valence-electron chi connectivity index (χ3n) is 6.57. The van der Waals surface area contributed by atoms with Gasteiger partial charge in [0.15, 0.2) is 5.11 Å². The highest BCUT2D eigenvalue weighted by Gasteiger charge is 2.16. The van der Waals surface area contributed by atoms with Gasteiger partial charge in [0.1, 0.15) is 5.75 Å². The Balaban J connectivity index is 1.36. The number of hydrogen-bond acceptors (Lipinski definition) is 4. The van der Waals surface area contributed by atoms with Crippen LogP contribution in [0.4, 0.5) is 5.69 Å². The molecule has 2 heterocycles. The summed E-state index contributed by atoms with van der Waals surface area (Å²) in [6.07, 6.45) is 6.49. The van der Waals surface area contributed by atoms with Crippen molar-refractivity contribution in [3.8, 4) is 11.8 Å². The number of aromatic nitrogens is 3. The minimum Gasteiger partial charge on any atom is -0.497 e. The molecule has 0 saturated carbocycles. The Labute approximate surface area is 237 Å². The molecule has 0 radical (unpaired) electrons. The van der Waals surface area contributed by atoms with Gasteiger partial charge in [0.05, 0.1) is 25.1 Å². The molecule has 2 aromatic heterocycles. The summed E-state index contributed by atoms with van der Waals surface area (Å²) in [6, 6.07) is 23.3. The number of methoxy groups -OCH3 is 1. The summed E-state index contributed by atoms with van der Waals surface area (Å²) in [6.45, 7) is 1.94. The van der Waals surface area contributed by atoms with Crippen LogP contribution in [0.3, 0.4) is 0 Å². The maximum absolute atomic E-state index is 9.08. The summed E-state index contributed by atoms with van der Waals surface area (Å²) in [7, 11) is 1.67. The molecule has 0 aliphatic carbocycles. The monoisotopic (exact) mass is 554 g/mol. The number of nitrogens with one attached hydrogen (secondary N) is 2. The third kappa shape index (κ3) is 6.40. The van der Waals surface area contributed by atoms with Crippen LogP contribution in [0.25, 0.3) is 10.9 Å². The van der Waals surface area contributed by atoms with E-state index in [1.807, 2.05) is 85.5 Å². The first-order valence-electron chi connectivity index (χ1n) is 12.5. The predicted octanol–water partition coefficient (Wildman–Crippen LogP) is 6.39. The number of imidazole rings is 1. The maximum atomic E-state index is 9.08. The van der Waals surface area contributed by atoms with Crippen LogP contribution in [-0.4, -0.2) is 38.2 Å². The number of aromatic amines is 1. The molecule has 9 heteroatoms. The summed E-state index contributed by atoms with van der Waals surface area (Å²) < 4.78 is 7.59. The van der Waals surface area contributed by atoms with Gasteiger partial charge in [0, 0.05) is 65.8 Å². The van der Waals surface area contributed by atoms with E-state index in [4.69, 9.17) is 33.8 Å². The first-order chi connectivity index (χ1) is 19.0. The van der Waals surface area contributed by atoms with Gasteiger partial charge in [-0.15, -0.1) is 0 Å². The number of rotatable bonds is 9. The van der Waals surface area contributed by atoms with Gasteiger partial charge in [-0.2, -0.15) is 5.26 Å². The number of nitriles is 1. The molecule has 7 nitrogen and oxygen atoms in total. The average molecular weight is 555 g/mol. The molecule has 0 atom stereocenters. The van der Waals surface area contributed by atoms with Gasteiger partial charge in [-0.25, -0.2) is 4.98 Å². The largest absolute Gasteiger partial charge is 0.497 e. The highest BCUT2D eigenvalue weighted by atomic mass is 35.5. The molecule has 0 aliphatic heterocycles. The topological polar surface area (TPSA) is 81.9 Å². The third-order valence-corrected chi connectivity index (χ3v) is 7.17. The van der Waals surface area contributed by atoms with Crippen LogP contribution in [0.5, 0.6) is 5.75 Å². The van der Waals surface area contributed by atoms with Crippen LogP contribution in [0, 0.1) is 11.3 Å². The molecule has 5 aromatic rings. The minimum atomic E-state index is 0.601. The fourth-order valence-corrected chi connectivity index (χ4v) is 4.94. The maximum Gasteiger partial charge on any atom is 0.173 e. The van der Waals surface area contributed by atoms with E-state index in [9.17, 15) is 0 Å². The number of ether oxygens (including phenoxy) is 1. The Hall–Kier alpha value is -4.32. The molecule has 3 aromatic carbocycles. The molecule has 0 saturated heterocycles. The number of hydrogen-bond donors (Lipinski definition) is 2. The summed E-state index contributed by atoms with van der Waals surface area (Å²) in [5.74, 6) is 0.807. The Morgan fingerprint density at radius 3 is 2.79 bits per heavy atom. The van der Waals surface area contributed by atoms with E-state index >= 15 is 0 Å². The molecule has 0 unspecified atom stereocenters. The minimum absolute atomic E-state index is 0.601. The molecule has 196 valence electrons. The SMILES string of the molecule is COc1ccc2[nH]cc(CN(CCc3cncn3Cc3ccc(C#N)cc3)C(=S)Nc3cccc(Cl)c3)c2c1. The van der Waals surface area contributed by atoms with Crippen LogP contribution >= 0.6 is 23.8 Å². The normalized spacial score (nSPS) is 10.8. The van der Waals surface area contributed by atoms with Gasteiger partial charge in [-0.3, -0.25) is 0 Å². The lowest BCUT2D eigenvalue weighted by Gasteiger charge is -2.26. The Morgan fingerprint density at radius 1 is 1.18 bits per heavy atom. The summed E-state index contributed by atoms with van der Waals surface area (Å²) in [5.41, 5.74) is 5.84. The zero-order valence-electron chi connectivity index (χ0n) is 21.4. The standard InChI is InChI=1S/C30H27ClN6OS/c1-38-27-9-10-29-28(14-27)23(16-34-29)19-36(30(39)35-25-4-2-3-24(31)13-25)12-11-26-17-33-20-37(26)18-22-7-5-21(15-32)6-8-22/h2-10,13-14,16-17,20,34H,11-12,18-19H2,1H3,(H,35,39). The molecule has 0 aliphatic rings. The van der Waals surface area contributed by atoms with Crippen LogP contribution in [-0.2, 0) is 19.5 Å². The number of fused-ring (bicyclic) bond motifs is 1. The van der Waals surface area contributed by atoms with Crippen LogP contribution < -0.4 is 10.1 Å². The lowest BCUT2D eigenvalue weighted by Crippen LogP contribution is -2.36. The lowest BCUT2D eigenvalue weighted by atomic mass is 10.1. The molecular weight excluding hydrogens is 528 g/mol. The summed E-state index contributed by atoms with van der Waals surface area (Å²) >= 11 is 12.1. The summed E-state index contributed by atoms with van der Waals surface area (Å²) in [4.78, 5) is 9.91. The van der Waals surface area contributed by atoms with Crippen molar-refractivity contribution in [1.82, 2.24) is 19.4 Å². The van der Waals surface area contributed by atoms with E-state index in [-0.39, 0.29) is 0 Å². The predicted molar refractivity (Wildman–Crippen MR) is 159 cm³/mol. The highest BCUT2D eigenvalue weighted by molar-refractivity contribution is 7.80. The van der Waals surface area contributed by atoms with Crippen molar-refractivity contribution in [2.75, 3.05) is 19.0 Å². The second-order valence-electron chi connectivity index (χ2n) is 9.16. The second kappa shape index (κ2) is 12.0. The second-order valence-corrected chi connectivity index (χ2v) is 9.98. The number of H-pyrrole nitrogens is 1. The van der Waals surface area contributed by atoms with Gasteiger partial charge in [-0.05, 0) is 71.9 Å². The molecule has 2 N–H and O–H groups in total. The zero-order valence-corrected chi connectivity index (χ0v) is 23.0. The number of anilines is 1. The van der Waals surface area contributed by atoms with E-state index in [1.165, 1.54) is 0 Å². The Kier molecular flexibility index (Phi) is 8.11. The van der Waals surface area contributed by atoms with E-state index in [0.717, 1.165) is 45.6 Å². The van der Waals surface area contributed by atoms with Crippen LogP contribution in [0.1, 0.15) is 22.4 Å². The smallest absolute Gasteiger partial charge is 0.173 e. The van der Waals surface area contributed by atoms with Crippen molar-refractivity contribution in [1.29, 1.82) is 5.26 Å². The fourth-order valence-electron chi connectivity index (χ4n) is 4.47. The summed E-state index contributed by atoms with van der Waals surface area (Å²) in [5, 5.41) is 14.8. The average Bonchev–Trinajstić information content (AvgIpc) is 3.57. The van der Waals surface area contributed by atoms with E-state index in [1.54, 1.807) is 7.11 Å². The molecule has 39 heavy (non-hydrogen) atoms. The van der Waals surface area contributed by atoms with Crippen molar-refractivity contribution in [3.63, 3.8) is 0 Å². The first kappa shape index (κ1) is 26.3. The van der Waals surface area contributed by atoms with E-state index in [0.29, 0.717) is 35.3 Å². The van der Waals surface area contributed by atoms with E-state index < -0.39 is 0 Å². The fraction of sp³-hybridized carbons (Fsp3) is 0.167. The number of thiocarbonyl (C=S) groups is 1. The van der Waals surface area contributed by atoms with Crippen LogP contribution in [0.2, 0.25) is 5.02 Å². The van der Waals surface area contributed by atoms with E-state index in [2.05, 4.69) is 30.8 Å². The molecule has 0 fully saturated rings. The molecule has 0 spiro atoms. The van der Waals surface area contributed by atoms with Gasteiger partial charge < -0.3 is 24.5 Å². The number of halogens is 1. The Bertz CT molecular complexity index is 1640. The molecule has 5 rings (SSSR count). The quantitative estimate of drug-likeness (QED) is 0.205. The number of nitrogens with zero attached hydrogens (tertiary/aromatic N) is 4. The molecular formula is C30H27ClN6OS. The van der Waals surface area contributed by atoms with Gasteiger partial charge >= 0.3 is 0 Å². The van der Waals surface area contributed by atoms with Gasteiger partial charge in [0.25, 0.3) is 0 Å². The van der Waals surface area contributed by atoms with Crippen molar-refractivity contribution >= 4 is 45.5 Å². The van der Waals surface area contributed by atoms with Crippen molar-refractivity contribution in [3.05, 3.63) is 113 Å². The number of benzene rings is 3. The molecule has 0 bridgehead atoms. The van der Waals surface area contributed by atoms with Gasteiger partial charge in [0.2, 0.25) is 0 Å². The molecule has 0 amide bonds. The zero-order chi connectivity index (χ0) is 27.2.